The monoisotopic (exact) mass is 543 g/mol. The molecule has 6 amide bonds. The van der Waals surface area contributed by atoms with E-state index in [0.29, 0.717) is 32.8 Å². The van der Waals surface area contributed by atoms with E-state index in [4.69, 9.17) is 14.2 Å². The Morgan fingerprint density at radius 1 is 0.842 bits per heavy atom. The summed E-state index contributed by atoms with van der Waals surface area (Å²) in [5, 5.41) is 10.1. The molecule has 0 aromatic heterocycles. The minimum Gasteiger partial charge on any atom is -0.447 e. The van der Waals surface area contributed by atoms with Gasteiger partial charge in [-0.2, -0.15) is 0 Å². The van der Waals surface area contributed by atoms with Crippen molar-refractivity contribution in [1.82, 2.24) is 26.2 Å². The van der Waals surface area contributed by atoms with Crippen molar-refractivity contribution in [2.45, 2.75) is 53.1 Å². The van der Waals surface area contributed by atoms with E-state index >= 15 is 0 Å². The molecule has 1 rings (SSSR count). The highest BCUT2D eigenvalue weighted by Gasteiger charge is 2.23. The highest BCUT2D eigenvalue weighted by atomic mass is 16.6. The van der Waals surface area contributed by atoms with Crippen LogP contribution in [0.15, 0.2) is 12.2 Å². The smallest absolute Gasteiger partial charge is 0.407 e. The standard InChI is InChI=1S/C13H26N2O5.C11H15N3O4/c1-4-7-8-18-11(9-19-12(16)14-5-2)10-20-13(17)15-6-3;1-8(15)12-5-6-13-9(16)4-7-14-10(17)2-3-11(14)18/h11H,4-10H2,1-3H3,(H,14,16)(H,15,17);2-3H,4-7H2,1H3,(H,12,15)(H,13,16). The molecule has 216 valence electrons. The van der Waals surface area contributed by atoms with E-state index in [1.807, 2.05) is 0 Å². The molecule has 14 nitrogen and oxygen atoms in total. The van der Waals surface area contributed by atoms with Crippen LogP contribution in [0.4, 0.5) is 9.59 Å². The van der Waals surface area contributed by atoms with E-state index in [1.165, 1.54) is 19.1 Å². The summed E-state index contributed by atoms with van der Waals surface area (Å²) in [4.78, 5) is 67.7. The predicted octanol–water partition coefficient (Wildman–Crippen LogP) is 0.218. The Kier molecular flexibility index (Phi) is 19.3. The Balaban J connectivity index is 0.000000724. The number of nitrogens with zero attached hydrogens (tertiary/aromatic N) is 1. The van der Waals surface area contributed by atoms with Crippen molar-refractivity contribution >= 4 is 35.8 Å². The molecule has 0 aromatic carbocycles. The Morgan fingerprint density at radius 2 is 1.37 bits per heavy atom. The first-order valence-electron chi connectivity index (χ1n) is 12.6. The van der Waals surface area contributed by atoms with Gasteiger partial charge >= 0.3 is 12.2 Å². The maximum atomic E-state index is 11.4. The van der Waals surface area contributed by atoms with Gasteiger partial charge in [-0.3, -0.25) is 24.1 Å². The van der Waals surface area contributed by atoms with Crippen molar-refractivity contribution < 1.29 is 43.0 Å². The largest absolute Gasteiger partial charge is 0.447 e. The molecule has 0 aliphatic carbocycles. The number of alkyl carbamates (subject to hydrolysis) is 2. The number of nitrogens with one attached hydrogen (secondary N) is 4. The summed E-state index contributed by atoms with van der Waals surface area (Å²) >= 11 is 0. The Hall–Kier alpha value is -3.68. The third-order valence-corrected chi connectivity index (χ3v) is 4.58. The number of carbonyl (C=O) groups excluding carboxylic acids is 6. The Morgan fingerprint density at radius 3 is 1.84 bits per heavy atom. The molecule has 0 saturated carbocycles. The van der Waals surface area contributed by atoms with E-state index in [-0.39, 0.29) is 38.0 Å². The second kappa shape index (κ2) is 21.4. The summed E-state index contributed by atoms with van der Waals surface area (Å²) in [6, 6.07) is 0. The molecule has 0 unspecified atom stereocenters. The van der Waals surface area contributed by atoms with E-state index in [0.717, 1.165) is 17.7 Å². The number of imide groups is 1. The summed E-state index contributed by atoms with van der Waals surface area (Å²) in [6.45, 7) is 9.41. The first-order valence-corrected chi connectivity index (χ1v) is 12.6. The lowest BCUT2D eigenvalue weighted by molar-refractivity contribution is -0.137. The molecule has 14 heteroatoms. The minimum absolute atomic E-state index is 0.0505. The van der Waals surface area contributed by atoms with Crippen LogP contribution in [0, 0.1) is 0 Å². The zero-order valence-corrected chi connectivity index (χ0v) is 22.6. The fourth-order valence-corrected chi connectivity index (χ4v) is 2.66. The first kappa shape index (κ1) is 34.3. The average Bonchev–Trinajstić information content (AvgIpc) is 3.19. The van der Waals surface area contributed by atoms with Gasteiger partial charge in [0.15, 0.2) is 0 Å². The summed E-state index contributed by atoms with van der Waals surface area (Å²) in [5.41, 5.74) is 0. The van der Waals surface area contributed by atoms with Crippen molar-refractivity contribution in [3.63, 3.8) is 0 Å². The van der Waals surface area contributed by atoms with E-state index in [2.05, 4.69) is 28.2 Å². The molecule has 0 bridgehead atoms. The molecule has 1 aliphatic rings. The topological polar surface area (TPSA) is 181 Å². The molecule has 0 atom stereocenters. The zero-order chi connectivity index (χ0) is 28.8. The molecule has 1 aliphatic heterocycles. The van der Waals surface area contributed by atoms with Crippen LogP contribution in [0.1, 0.15) is 47.0 Å². The summed E-state index contributed by atoms with van der Waals surface area (Å²) in [5.74, 6) is -1.23. The molecule has 0 spiro atoms. The number of hydrogen-bond acceptors (Lipinski definition) is 9. The fraction of sp³-hybridized carbons (Fsp3) is 0.667. The van der Waals surface area contributed by atoms with Crippen LogP contribution < -0.4 is 21.3 Å². The van der Waals surface area contributed by atoms with Gasteiger partial charge in [-0.1, -0.05) is 13.3 Å². The Labute approximate surface area is 223 Å². The number of carbonyl (C=O) groups is 6. The number of rotatable bonds is 16. The third kappa shape index (κ3) is 17.7. The molecule has 0 fully saturated rings. The van der Waals surface area contributed by atoms with Gasteiger partial charge in [-0.15, -0.1) is 0 Å². The quantitative estimate of drug-likeness (QED) is 0.156. The lowest BCUT2D eigenvalue weighted by atomic mass is 10.3. The maximum Gasteiger partial charge on any atom is 0.407 e. The van der Waals surface area contributed by atoms with Gasteiger partial charge in [0.2, 0.25) is 11.8 Å². The average molecular weight is 544 g/mol. The lowest BCUT2D eigenvalue weighted by Gasteiger charge is -2.18. The highest BCUT2D eigenvalue weighted by molar-refractivity contribution is 6.13. The lowest BCUT2D eigenvalue weighted by Crippen LogP contribution is -2.37. The minimum atomic E-state index is -0.505. The summed E-state index contributed by atoms with van der Waals surface area (Å²) < 4.78 is 15.5. The van der Waals surface area contributed by atoms with Crippen molar-refractivity contribution in [3.05, 3.63) is 12.2 Å². The van der Waals surface area contributed by atoms with Crippen molar-refractivity contribution in [1.29, 1.82) is 0 Å². The SMILES string of the molecule is CC(=O)NCCNC(=O)CCN1C(=O)C=CC1=O.CCCCOC(COC(=O)NCC)COC(=O)NCC. The van der Waals surface area contributed by atoms with Crippen molar-refractivity contribution in [2.75, 3.05) is 52.5 Å². The molecular weight excluding hydrogens is 502 g/mol. The predicted molar refractivity (Wildman–Crippen MR) is 137 cm³/mol. The molecule has 0 radical (unpaired) electrons. The van der Waals surface area contributed by atoms with Crippen LogP contribution in [0.5, 0.6) is 0 Å². The number of ether oxygens (including phenoxy) is 3. The van der Waals surface area contributed by atoms with Crippen LogP contribution in [-0.2, 0) is 33.4 Å². The van der Waals surface area contributed by atoms with Crippen molar-refractivity contribution in [3.8, 4) is 0 Å². The number of hydrogen-bond donors (Lipinski definition) is 4. The van der Waals surface area contributed by atoms with Gasteiger partial charge in [-0.05, 0) is 20.3 Å². The van der Waals surface area contributed by atoms with Gasteiger partial charge in [0, 0.05) is 64.8 Å². The molecule has 1 heterocycles. The van der Waals surface area contributed by atoms with E-state index in [1.54, 1.807) is 13.8 Å². The fourth-order valence-electron chi connectivity index (χ4n) is 2.66. The van der Waals surface area contributed by atoms with Crippen LogP contribution in [0.25, 0.3) is 0 Å². The first-order chi connectivity index (χ1) is 18.1. The number of amides is 6. The van der Waals surface area contributed by atoms with Gasteiger partial charge in [0.25, 0.3) is 11.8 Å². The van der Waals surface area contributed by atoms with Gasteiger partial charge in [-0.25, -0.2) is 9.59 Å². The second-order valence-corrected chi connectivity index (χ2v) is 7.85. The van der Waals surface area contributed by atoms with Crippen LogP contribution in [0.3, 0.4) is 0 Å². The Bertz CT molecular complexity index is 764. The second-order valence-electron chi connectivity index (χ2n) is 7.85. The van der Waals surface area contributed by atoms with Crippen molar-refractivity contribution in [2.24, 2.45) is 0 Å². The van der Waals surface area contributed by atoms with Gasteiger partial charge < -0.3 is 35.5 Å². The third-order valence-electron chi connectivity index (χ3n) is 4.58. The summed E-state index contributed by atoms with van der Waals surface area (Å²) in [7, 11) is 0. The van der Waals surface area contributed by atoms with Crippen LogP contribution >= 0.6 is 0 Å². The highest BCUT2D eigenvalue weighted by Crippen LogP contribution is 2.04. The molecule has 0 aromatic rings. The zero-order valence-electron chi connectivity index (χ0n) is 22.6. The molecule has 4 N–H and O–H groups in total. The normalized spacial score (nSPS) is 12.0. The molecule has 38 heavy (non-hydrogen) atoms. The van der Waals surface area contributed by atoms with E-state index < -0.39 is 30.1 Å². The number of unbranched alkanes of at least 4 members (excludes halogenated alkanes) is 1. The van der Waals surface area contributed by atoms with Crippen LogP contribution in [0.2, 0.25) is 0 Å². The van der Waals surface area contributed by atoms with E-state index in [9.17, 15) is 28.8 Å². The van der Waals surface area contributed by atoms with Crippen LogP contribution in [-0.4, -0.2) is 99.4 Å². The summed E-state index contributed by atoms with van der Waals surface area (Å²) in [6.07, 6.45) is 2.85. The van der Waals surface area contributed by atoms with Gasteiger partial charge in [0.05, 0.1) is 0 Å². The molecule has 0 saturated heterocycles. The van der Waals surface area contributed by atoms with Gasteiger partial charge in [0.1, 0.15) is 19.3 Å². The molecular formula is C24H41N5O9. The maximum absolute atomic E-state index is 11.4.